The first-order chi connectivity index (χ1) is 15.8. The van der Waals surface area contributed by atoms with E-state index in [0.29, 0.717) is 31.7 Å². The lowest BCUT2D eigenvalue weighted by atomic mass is 10.1. The first kappa shape index (κ1) is 23.9. The second-order valence-electron chi connectivity index (χ2n) is 8.09. The Morgan fingerprint density at radius 3 is 2.30 bits per heavy atom. The van der Waals surface area contributed by atoms with Gasteiger partial charge in [-0.3, -0.25) is 14.4 Å². The summed E-state index contributed by atoms with van der Waals surface area (Å²) in [5, 5.41) is 22.0. The number of aromatic hydroxyl groups is 2. The van der Waals surface area contributed by atoms with Crippen LogP contribution in [0.2, 0.25) is 0 Å². The molecule has 3 amide bonds. The van der Waals surface area contributed by atoms with Gasteiger partial charge in [0.1, 0.15) is 17.5 Å². The number of rotatable bonds is 9. The molecular formula is C24H30N4O5. The fraction of sp³-hybridized carbons (Fsp3) is 0.375. The normalized spacial score (nSPS) is 14.5. The van der Waals surface area contributed by atoms with Gasteiger partial charge in [-0.15, -0.1) is 0 Å². The van der Waals surface area contributed by atoms with Gasteiger partial charge in [-0.1, -0.05) is 24.3 Å². The molecule has 176 valence electrons. The number of nitrogens with zero attached hydrogens (tertiary/aromatic N) is 2. The minimum absolute atomic E-state index is 0.0145. The van der Waals surface area contributed by atoms with E-state index in [-0.39, 0.29) is 49.0 Å². The zero-order valence-corrected chi connectivity index (χ0v) is 18.4. The molecule has 3 rings (SSSR count). The molecule has 2 aromatic rings. The largest absolute Gasteiger partial charge is 0.508 e. The molecule has 1 saturated heterocycles. The minimum atomic E-state index is -0.846. The van der Waals surface area contributed by atoms with Crippen molar-refractivity contribution in [2.75, 3.05) is 31.1 Å². The third-order valence-corrected chi connectivity index (χ3v) is 5.72. The first-order valence-electron chi connectivity index (χ1n) is 11.0. The summed E-state index contributed by atoms with van der Waals surface area (Å²) in [6.45, 7) is 2.37. The van der Waals surface area contributed by atoms with Crippen LogP contribution in [0.4, 0.5) is 5.69 Å². The van der Waals surface area contributed by atoms with Crippen molar-refractivity contribution in [2.45, 2.75) is 31.7 Å². The van der Waals surface area contributed by atoms with Crippen LogP contribution in [0.15, 0.2) is 48.5 Å². The van der Waals surface area contributed by atoms with Gasteiger partial charge in [-0.05, 0) is 36.6 Å². The van der Waals surface area contributed by atoms with E-state index in [9.17, 15) is 24.6 Å². The van der Waals surface area contributed by atoms with Crippen LogP contribution in [0, 0.1) is 0 Å². The molecule has 0 aliphatic carbocycles. The number of primary amides is 1. The highest BCUT2D eigenvalue weighted by Gasteiger charge is 2.29. The number of hydrogen-bond acceptors (Lipinski definition) is 6. The Bertz CT molecular complexity index is 974. The molecule has 1 atom stereocenters. The Kier molecular flexibility index (Phi) is 8.12. The predicted octanol–water partition coefficient (Wildman–Crippen LogP) is 1.13. The smallest absolute Gasteiger partial charge is 0.245 e. The zero-order valence-electron chi connectivity index (χ0n) is 18.4. The van der Waals surface area contributed by atoms with E-state index in [2.05, 4.69) is 10.2 Å². The number of hydrogen-bond donors (Lipinski definition) is 4. The lowest BCUT2D eigenvalue weighted by Crippen LogP contribution is -2.55. The summed E-state index contributed by atoms with van der Waals surface area (Å²) in [5.74, 6) is -1.30. The highest BCUT2D eigenvalue weighted by molar-refractivity contribution is 5.88. The minimum Gasteiger partial charge on any atom is -0.508 e. The number of anilines is 1. The van der Waals surface area contributed by atoms with Gasteiger partial charge in [0.2, 0.25) is 17.7 Å². The molecule has 0 spiro atoms. The van der Waals surface area contributed by atoms with Crippen LogP contribution >= 0.6 is 0 Å². The first-order valence-corrected chi connectivity index (χ1v) is 11.0. The Labute approximate surface area is 192 Å². The maximum absolute atomic E-state index is 13.1. The van der Waals surface area contributed by atoms with Crippen LogP contribution in [0.3, 0.4) is 0 Å². The van der Waals surface area contributed by atoms with Crippen molar-refractivity contribution in [1.82, 2.24) is 10.2 Å². The molecule has 1 heterocycles. The van der Waals surface area contributed by atoms with E-state index in [0.717, 1.165) is 5.69 Å². The van der Waals surface area contributed by atoms with Gasteiger partial charge in [0.05, 0.1) is 0 Å². The maximum atomic E-state index is 13.1. The number of piperazine rings is 1. The molecule has 0 radical (unpaired) electrons. The van der Waals surface area contributed by atoms with Crippen LogP contribution in [-0.2, 0) is 20.8 Å². The standard InChI is InChI=1S/C24H30N4O5/c25-22(31)10-9-20(26-23(32)11-7-17-6-8-19(29)16-21(17)30)24(33)28-14-12-27(13-15-28)18-4-2-1-3-5-18/h1-6,8,16,20,29-30H,7,9-15H2,(H2,25,31)(H,26,32)/t20-/m0/s1. The van der Waals surface area contributed by atoms with Crippen molar-refractivity contribution < 1.29 is 24.6 Å². The SMILES string of the molecule is NC(=O)CC[C@H](NC(=O)CCc1ccc(O)cc1O)C(=O)N1CCN(c2ccccc2)CC1. The molecule has 33 heavy (non-hydrogen) atoms. The van der Waals surface area contributed by atoms with E-state index in [4.69, 9.17) is 5.73 Å². The monoisotopic (exact) mass is 454 g/mol. The molecule has 0 saturated carbocycles. The average molecular weight is 455 g/mol. The number of aryl methyl sites for hydroxylation is 1. The Morgan fingerprint density at radius 2 is 1.67 bits per heavy atom. The van der Waals surface area contributed by atoms with E-state index in [1.807, 2.05) is 30.3 Å². The van der Waals surface area contributed by atoms with Gasteiger partial charge in [-0.25, -0.2) is 0 Å². The van der Waals surface area contributed by atoms with E-state index in [1.165, 1.54) is 12.1 Å². The van der Waals surface area contributed by atoms with Crippen molar-refractivity contribution in [2.24, 2.45) is 5.73 Å². The zero-order chi connectivity index (χ0) is 23.8. The summed E-state index contributed by atoms with van der Waals surface area (Å²) >= 11 is 0. The summed E-state index contributed by atoms with van der Waals surface area (Å²) in [6.07, 6.45) is 0.396. The molecule has 1 fully saturated rings. The molecule has 1 aliphatic heterocycles. The average Bonchev–Trinajstić information content (AvgIpc) is 2.81. The van der Waals surface area contributed by atoms with E-state index < -0.39 is 11.9 Å². The maximum Gasteiger partial charge on any atom is 0.245 e. The number of phenols is 2. The fourth-order valence-corrected chi connectivity index (χ4v) is 3.87. The molecule has 2 aromatic carbocycles. The predicted molar refractivity (Wildman–Crippen MR) is 124 cm³/mol. The van der Waals surface area contributed by atoms with Gasteiger partial charge in [0.15, 0.2) is 0 Å². The molecule has 0 bridgehead atoms. The number of amides is 3. The number of carbonyl (C=O) groups excluding carboxylic acids is 3. The summed E-state index contributed by atoms with van der Waals surface area (Å²) < 4.78 is 0. The third kappa shape index (κ3) is 6.86. The van der Waals surface area contributed by atoms with Crippen molar-refractivity contribution in [3.05, 3.63) is 54.1 Å². The van der Waals surface area contributed by atoms with E-state index >= 15 is 0 Å². The number of para-hydroxylation sites is 1. The quantitative estimate of drug-likeness (QED) is 0.448. The van der Waals surface area contributed by atoms with Gasteiger partial charge in [-0.2, -0.15) is 0 Å². The van der Waals surface area contributed by atoms with Crippen LogP contribution in [0.25, 0.3) is 0 Å². The lowest BCUT2D eigenvalue weighted by Gasteiger charge is -2.37. The molecule has 1 aliphatic rings. The lowest BCUT2D eigenvalue weighted by molar-refractivity contribution is -0.137. The number of benzene rings is 2. The summed E-state index contributed by atoms with van der Waals surface area (Å²) in [7, 11) is 0. The number of carbonyl (C=O) groups is 3. The third-order valence-electron chi connectivity index (χ3n) is 5.72. The Morgan fingerprint density at radius 1 is 0.970 bits per heavy atom. The Hall–Kier alpha value is -3.75. The summed E-state index contributed by atoms with van der Waals surface area (Å²) in [5.41, 5.74) is 6.88. The van der Waals surface area contributed by atoms with Gasteiger partial charge >= 0.3 is 0 Å². The van der Waals surface area contributed by atoms with Crippen molar-refractivity contribution in [3.8, 4) is 11.5 Å². The van der Waals surface area contributed by atoms with Crippen LogP contribution < -0.4 is 16.0 Å². The Balaban J connectivity index is 1.57. The molecular weight excluding hydrogens is 424 g/mol. The molecule has 9 heteroatoms. The highest BCUT2D eigenvalue weighted by Crippen LogP contribution is 2.23. The second-order valence-corrected chi connectivity index (χ2v) is 8.09. The van der Waals surface area contributed by atoms with Crippen LogP contribution in [0.5, 0.6) is 11.5 Å². The van der Waals surface area contributed by atoms with Gasteiger partial charge in [0.25, 0.3) is 0 Å². The fourth-order valence-electron chi connectivity index (χ4n) is 3.87. The molecule has 0 unspecified atom stereocenters. The molecule has 9 nitrogen and oxygen atoms in total. The van der Waals surface area contributed by atoms with Crippen molar-refractivity contribution >= 4 is 23.4 Å². The number of phenolic OH excluding ortho intramolecular Hbond substituents is 2. The van der Waals surface area contributed by atoms with Crippen molar-refractivity contribution in [1.29, 1.82) is 0 Å². The van der Waals surface area contributed by atoms with Crippen LogP contribution in [0.1, 0.15) is 24.8 Å². The summed E-state index contributed by atoms with van der Waals surface area (Å²) in [4.78, 5) is 40.9. The molecule has 5 N–H and O–H groups in total. The van der Waals surface area contributed by atoms with Crippen molar-refractivity contribution in [3.63, 3.8) is 0 Å². The highest BCUT2D eigenvalue weighted by atomic mass is 16.3. The number of nitrogens with two attached hydrogens (primary N) is 1. The van der Waals surface area contributed by atoms with Crippen LogP contribution in [-0.4, -0.2) is 65.1 Å². The topological polar surface area (TPSA) is 136 Å². The van der Waals surface area contributed by atoms with Gasteiger partial charge < -0.3 is 31.1 Å². The van der Waals surface area contributed by atoms with E-state index in [1.54, 1.807) is 11.0 Å². The second kappa shape index (κ2) is 11.2. The summed E-state index contributed by atoms with van der Waals surface area (Å²) in [6, 6.07) is 13.3. The number of nitrogens with one attached hydrogen (secondary N) is 1. The van der Waals surface area contributed by atoms with Gasteiger partial charge in [0, 0.05) is 50.8 Å². The molecule has 0 aromatic heterocycles.